The molecule has 0 saturated carbocycles. The summed E-state index contributed by atoms with van der Waals surface area (Å²) >= 11 is 0. The molecule has 1 aromatic heterocycles. The summed E-state index contributed by atoms with van der Waals surface area (Å²) in [6.45, 7) is 4.01. The van der Waals surface area contributed by atoms with Gasteiger partial charge in [-0.3, -0.25) is 14.9 Å². The topological polar surface area (TPSA) is 106 Å². The van der Waals surface area contributed by atoms with Gasteiger partial charge in [-0.1, -0.05) is 0 Å². The van der Waals surface area contributed by atoms with Crippen molar-refractivity contribution in [1.82, 2.24) is 10.3 Å². The van der Waals surface area contributed by atoms with Crippen LogP contribution in [0.4, 0.5) is 11.5 Å². The van der Waals surface area contributed by atoms with E-state index in [1.54, 1.807) is 19.9 Å². The van der Waals surface area contributed by atoms with E-state index in [2.05, 4.69) is 15.6 Å². The molecule has 1 aromatic rings. The second kappa shape index (κ2) is 7.39. The zero-order valence-electron chi connectivity index (χ0n) is 11.7. The fourth-order valence-corrected chi connectivity index (χ4v) is 1.59. The number of carbonyl (C=O) groups is 1. The van der Waals surface area contributed by atoms with E-state index >= 15 is 0 Å². The first kappa shape index (κ1) is 15.8. The van der Waals surface area contributed by atoms with Gasteiger partial charge < -0.3 is 15.4 Å². The third kappa shape index (κ3) is 4.16. The second-order valence-corrected chi connectivity index (χ2v) is 4.23. The molecular formula is C12H18N4O4. The van der Waals surface area contributed by atoms with Gasteiger partial charge in [-0.25, -0.2) is 4.98 Å². The molecule has 110 valence electrons. The van der Waals surface area contributed by atoms with Gasteiger partial charge in [-0.05, 0) is 19.9 Å². The molecule has 1 rings (SSSR count). The number of aromatic nitrogens is 1. The van der Waals surface area contributed by atoms with Crippen LogP contribution in [0.15, 0.2) is 12.3 Å². The van der Waals surface area contributed by atoms with E-state index in [0.717, 1.165) is 0 Å². The number of aryl methyl sites for hydroxylation is 1. The fourth-order valence-electron chi connectivity index (χ4n) is 1.59. The maximum absolute atomic E-state index is 11.8. The van der Waals surface area contributed by atoms with Crippen LogP contribution in [0.3, 0.4) is 0 Å². The summed E-state index contributed by atoms with van der Waals surface area (Å²) in [6, 6.07) is 0.909. The normalized spacial score (nSPS) is 11.8. The predicted octanol–water partition coefficient (Wildman–Crippen LogP) is 0.861. The van der Waals surface area contributed by atoms with Crippen molar-refractivity contribution in [2.24, 2.45) is 0 Å². The first-order valence-corrected chi connectivity index (χ1v) is 6.10. The van der Waals surface area contributed by atoms with Gasteiger partial charge in [0.25, 0.3) is 0 Å². The van der Waals surface area contributed by atoms with Crippen molar-refractivity contribution >= 4 is 17.4 Å². The number of nitro groups is 1. The SMILES string of the molecule is COCCNC(=O)C(C)Nc1nccc(C)c1[N+](=O)[O-]. The summed E-state index contributed by atoms with van der Waals surface area (Å²) in [5.74, 6) is -0.191. The molecule has 0 radical (unpaired) electrons. The van der Waals surface area contributed by atoms with Gasteiger partial charge >= 0.3 is 5.69 Å². The van der Waals surface area contributed by atoms with Crippen molar-refractivity contribution in [1.29, 1.82) is 0 Å². The van der Waals surface area contributed by atoms with Gasteiger partial charge in [0, 0.05) is 25.4 Å². The largest absolute Gasteiger partial charge is 0.383 e. The Balaban J connectivity index is 2.75. The van der Waals surface area contributed by atoms with Crippen LogP contribution in [0.2, 0.25) is 0 Å². The highest BCUT2D eigenvalue weighted by molar-refractivity contribution is 5.84. The minimum Gasteiger partial charge on any atom is -0.383 e. The van der Waals surface area contributed by atoms with Crippen LogP contribution in [-0.2, 0) is 9.53 Å². The van der Waals surface area contributed by atoms with Crippen LogP contribution in [0.1, 0.15) is 12.5 Å². The molecule has 0 saturated heterocycles. The van der Waals surface area contributed by atoms with Crippen LogP contribution < -0.4 is 10.6 Å². The van der Waals surface area contributed by atoms with Crippen molar-refractivity contribution in [2.45, 2.75) is 19.9 Å². The lowest BCUT2D eigenvalue weighted by molar-refractivity contribution is -0.384. The molecule has 0 aliphatic rings. The van der Waals surface area contributed by atoms with Gasteiger partial charge in [-0.2, -0.15) is 0 Å². The van der Waals surface area contributed by atoms with E-state index in [-0.39, 0.29) is 17.4 Å². The third-order valence-corrected chi connectivity index (χ3v) is 2.66. The summed E-state index contributed by atoms with van der Waals surface area (Å²) < 4.78 is 4.82. The van der Waals surface area contributed by atoms with E-state index in [1.807, 2.05) is 0 Å². The zero-order chi connectivity index (χ0) is 15.1. The minimum absolute atomic E-state index is 0.0874. The predicted molar refractivity (Wildman–Crippen MR) is 73.6 cm³/mol. The van der Waals surface area contributed by atoms with Crippen molar-refractivity contribution in [2.75, 3.05) is 25.6 Å². The number of methoxy groups -OCH3 is 1. The molecule has 2 N–H and O–H groups in total. The van der Waals surface area contributed by atoms with Crippen LogP contribution in [0.5, 0.6) is 0 Å². The standard InChI is InChI=1S/C12H18N4O4/c1-8-4-5-13-11(10(8)16(18)19)15-9(2)12(17)14-6-7-20-3/h4-5,9H,6-7H2,1-3H3,(H,13,15)(H,14,17). The van der Waals surface area contributed by atoms with E-state index < -0.39 is 11.0 Å². The van der Waals surface area contributed by atoms with Gasteiger partial charge in [0.1, 0.15) is 6.04 Å². The molecular weight excluding hydrogens is 264 g/mol. The van der Waals surface area contributed by atoms with Crippen LogP contribution in [-0.4, -0.2) is 42.1 Å². The van der Waals surface area contributed by atoms with Crippen molar-refractivity contribution in [3.8, 4) is 0 Å². The average molecular weight is 282 g/mol. The minimum atomic E-state index is -0.639. The Kier molecular flexibility index (Phi) is 5.85. The first-order chi connectivity index (χ1) is 9.47. The molecule has 1 amide bonds. The number of pyridine rings is 1. The molecule has 20 heavy (non-hydrogen) atoms. The fraction of sp³-hybridized carbons (Fsp3) is 0.500. The van der Waals surface area contributed by atoms with Gasteiger partial charge in [0.2, 0.25) is 11.7 Å². The maximum Gasteiger partial charge on any atom is 0.314 e. The summed E-state index contributed by atoms with van der Waals surface area (Å²) in [4.78, 5) is 26.2. The average Bonchev–Trinajstić information content (AvgIpc) is 2.38. The highest BCUT2D eigenvalue weighted by atomic mass is 16.6. The van der Waals surface area contributed by atoms with Gasteiger partial charge in [-0.15, -0.1) is 0 Å². The number of carbonyl (C=O) groups excluding carboxylic acids is 1. The number of anilines is 1. The van der Waals surface area contributed by atoms with Crippen LogP contribution in [0, 0.1) is 17.0 Å². The summed E-state index contributed by atoms with van der Waals surface area (Å²) in [7, 11) is 1.54. The van der Waals surface area contributed by atoms with Crippen LogP contribution in [0.25, 0.3) is 0 Å². The van der Waals surface area contributed by atoms with Crippen molar-refractivity contribution in [3.63, 3.8) is 0 Å². The highest BCUT2D eigenvalue weighted by Crippen LogP contribution is 2.25. The molecule has 1 heterocycles. The number of amides is 1. The molecule has 0 aromatic carbocycles. The molecule has 0 spiro atoms. The molecule has 8 heteroatoms. The van der Waals surface area contributed by atoms with Crippen molar-refractivity contribution in [3.05, 3.63) is 27.9 Å². The zero-order valence-corrected chi connectivity index (χ0v) is 11.7. The second-order valence-electron chi connectivity index (χ2n) is 4.23. The molecule has 8 nitrogen and oxygen atoms in total. The smallest absolute Gasteiger partial charge is 0.314 e. The molecule has 0 aliphatic carbocycles. The Labute approximate surface area is 116 Å². The van der Waals surface area contributed by atoms with E-state index in [1.165, 1.54) is 13.3 Å². The molecule has 1 unspecified atom stereocenters. The molecule has 0 aliphatic heterocycles. The first-order valence-electron chi connectivity index (χ1n) is 6.10. The van der Waals surface area contributed by atoms with E-state index in [4.69, 9.17) is 4.74 Å². The molecule has 0 fully saturated rings. The Morgan fingerprint density at radius 1 is 1.60 bits per heavy atom. The Bertz CT molecular complexity index is 492. The van der Waals surface area contributed by atoms with Crippen molar-refractivity contribution < 1.29 is 14.5 Å². The number of nitrogens with zero attached hydrogens (tertiary/aromatic N) is 2. The van der Waals surface area contributed by atoms with E-state index in [9.17, 15) is 14.9 Å². The molecule has 0 bridgehead atoms. The quantitative estimate of drug-likeness (QED) is 0.436. The maximum atomic E-state index is 11.8. The Hall–Kier alpha value is -2.22. The summed E-state index contributed by atoms with van der Waals surface area (Å²) in [5.41, 5.74) is 0.364. The third-order valence-electron chi connectivity index (χ3n) is 2.66. The monoisotopic (exact) mass is 282 g/mol. The summed E-state index contributed by atoms with van der Waals surface area (Å²) in [6.07, 6.45) is 1.46. The Morgan fingerprint density at radius 3 is 2.90 bits per heavy atom. The number of hydrogen-bond donors (Lipinski definition) is 2. The number of nitrogens with one attached hydrogen (secondary N) is 2. The highest BCUT2D eigenvalue weighted by Gasteiger charge is 2.22. The van der Waals surface area contributed by atoms with Crippen LogP contribution >= 0.6 is 0 Å². The lowest BCUT2D eigenvalue weighted by atomic mass is 10.2. The van der Waals surface area contributed by atoms with E-state index in [0.29, 0.717) is 18.7 Å². The lowest BCUT2D eigenvalue weighted by Gasteiger charge is -2.14. The van der Waals surface area contributed by atoms with Gasteiger partial charge in [0.15, 0.2) is 0 Å². The lowest BCUT2D eigenvalue weighted by Crippen LogP contribution is -2.39. The molecule has 1 atom stereocenters. The Morgan fingerprint density at radius 2 is 2.30 bits per heavy atom. The summed E-state index contributed by atoms with van der Waals surface area (Å²) in [5, 5.41) is 16.4. The number of rotatable bonds is 7. The number of ether oxygens (including phenoxy) is 1. The van der Waals surface area contributed by atoms with Gasteiger partial charge in [0.05, 0.1) is 11.5 Å². The number of hydrogen-bond acceptors (Lipinski definition) is 6.